The summed E-state index contributed by atoms with van der Waals surface area (Å²) in [6.45, 7) is 1.78. The lowest BCUT2D eigenvalue weighted by Gasteiger charge is -2.05. The number of aromatic nitrogens is 2. The van der Waals surface area contributed by atoms with Crippen molar-refractivity contribution in [1.82, 2.24) is 9.78 Å². The number of Topliss-reactive ketones (excluding diaryl/α,β-unsaturated/α-hetero) is 1. The third kappa shape index (κ3) is 3.00. The number of nitrogens with zero attached hydrogens (tertiary/aromatic N) is 3. The number of benzene rings is 1. The van der Waals surface area contributed by atoms with Crippen LogP contribution in [-0.2, 0) is 6.54 Å². The Bertz CT molecular complexity index is 663. The number of nitro benzene ring substituents is 1. The summed E-state index contributed by atoms with van der Waals surface area (Å²) in [4.78, 5) is 21.6. The second-order valence-electron chi connectivity index (χ2n) is 4.28. The highest BCUT2D eigenvalue weighted by molar-refractivity contribution is 5.93. The van der Waals surface area contributed by atoms with Crippen molar-refractivity contribution in [2.24, 2.45) is 0 Å². The molecule has 0 aliphatic heterocycles. The van der Waals surface area contributed by atoms with Gasteiger partial charge in [0.1, 0.15) is 5.75 Å². The Balaban J connectivity index is 2.29. The Hall–Kier alpha value is -2.70. The Kier molecular flexibility index (Phi) is 3.79. The van der Waals surface area contributed by atoms with Crippen LogP contribution < -0.4 is 4.74 Å². The fourth-order valence-corrected chi connectivity index (χ4v) is 1.78. The third-order valence-electron chi connectivity index (χ3n) is 2.78. The minimum atomic E-state index is -0.476. The topological polar surface area (TPSA) is 87.3 Å². The van der Waals surface area contributed by atoms with Gasteiger partial charge in [-0.2, -0.15) is 5.10 Å². The molecule has 0 bridgehead atoms. The predicted octanol–water partition coefficient (Wildman–Crippen LogP) is 2.05. The molecule has 0 aliphatic carbocycles. The van der Waals surface area contributed by atoms with Gasteiger partial charge in [0.2, 0.25) is 0 Å². The van der Waals surface area contributed by atoms with Crippen LogP contribution in [-0.4, -0.2) is 27.6 Å². The normalized spacial score (nSPS) is 10.3. The minimum absolute atomic E-state index is 0.0432. The summed E-state index contributed by atoms with van der Waals surface area (Å²) < 4.78 is 6.59. The van der Waals surface area contributed by atoms with Crippen molar-refractivity contribution in [2.45, 2.75) is 13.5 Å². The van der Waals surface area contributed by atoms with Crippen LogP contribution in [0.4, 0.5) is 5.69 Å². The zero-order valence-corrected chi connectivity index (χ0v) is 11.1. The van der Waals surface area contributed by atoms with Crippen LogP contribution in [0.1, 0.15) is 22.8 Å². The van der Waals surface area contributed by atoms with Gasteiger partial charge in [-0.05, 0) is 18.6 Å². The number of ketones is 1. The van der Waals surface area contributed by atoms with Crippen molar-refractivity contribution in [3.63, 3.8) is 0 Å². The maximum Gasteiger partial charge on any atom is 0.273 e. The molecular formula is C13H13N3O4. The fraction of sp³-hybridized carbons (Fsp3) is 0.231. The molecule has 2 aromatic rings. The SMILES string of the molecule is COc1cc(Cn2cc(C(C)=O)cn2)cc([N+](=O)[O-])c1. The van der Waals surface area contributed by atoms with Crippen LogP contribution in [0.2, 0.25) is 0 Å². The first-order valence-corrected chi connectivity index (χ1v) is 5.85. The summed E-state index contributed by atoms with van der Waals surface area (Å²) in [6.07, 6.45) is 3.07. The lowest BCUT2D eigenvalue weighted by Crippen LogP contribution is -2.02. The quantitative estimate of drug-likeness (QED) is 0.473. The molecule has 104 valence electrons. The van der Waals surface area contributed by atoms with Gasteiger partial charge in [-0.3, -0.25) is 19.6 Å². The second kappa shape index (κ2) is 5.52. The van der Waals surface area contributed by atoms with Gasteiger partial charge in [-0.25, -0.2) is 0 Å². The lowest BCUT2D eigenvalue weighted by atomic mass is 10.2. The highest BCUT2D eigenvalue weighted by Gasteiger charge is 2.11. The summed E-state index contributed by atoms with van der Waals surface area (Å²) in [5.41, 5.74) is 1.13. The molecule has 0 N–H and O–H groups in total. The van der Waals surface area contributed by atoms with Crippen molar-refractivity contribution in [2.75, 3.05) is 7.11 Å². The van der Waals surface area contributed by atoms with E-state index in [1.54, 1.807) is 16.9 Å². The first kappa shape index (κ1) is 13.7. The van der Waals surface area contributed by atoms with E-state index in [2.05, 4.69) is 5.10 Å². The van der Waals surface area contributed by atoms with Crippen molar-refractivity contribution < 1.29 is 14.5 Å². The number of hydrogen-bond donors (Lipinski definition) is 0. The number of hydrogen-bond acceptors (Lipinski definition) is 5. The largest absolute Gasteiger partial charge is 0.496 e. The van der Waals surface area contributed by atoms with Gasteiger partial charge >= 0.3 is 0 Å². The van der Waals surface area contributed by atoms with Gasteiger partial charge in [0.15, 0.2) is 5.78 Å². The highest BCUT2D eigenvalue weighted by Crippen LogP contribution is 2.23. The molecule has 1 aromatic heterocycles. The van der Waals surface area contributed by atoms with E-state index in [-0.39, 0.29) is 11.5 Å². The van der Waals surface area contributed by atoms with Gasteiger partial charge in [-0.1, -0.05) is 0 Å². The molecule has 0 unspecified atom stereocenters. The van der Waals surface area contributed by atoms with Crippen molar-refractivity contribution in [1.29, 1.82) is 0 Å². The molecule has 0 fully saturated rings. The van der Waals surface area contributed by atoms with Crippen LogP contribution in [0.3, 0.4) is 0 Å². The maximum atomic E-state index is 11.2. The molecule has 0 saturated carbocycles. The molecule has 0 spiro atoms. The number of ether oxygens (including phenoxy) is 1. The van der Waals surface area contributed by atoms with E-state index < -0.39 is 4.92 Å². The third-order valence-corrected chi connectivity index (χ3v) is 2.78. The molecule has 0 saturated heterocycles. The zero-order chi connectivity index (χ0) is 14.7. The predicted molar refractivity (Wildman–Crippen MR) is 71.0 cm³/mol. The van der Waals surface area contributed by atoms with E-state index in [4.69, 9.17) is 4.74 Å². The van der Waals surface area contributed by atoms with Crippen LogP contribution in [0.15, 0.2) is 30.6 Å². The highest BCUT2D eigenvalue weighted by atomic mass is 16.6. The molecule has 20 heavy (non-hydrogen) atoms. The molecule has 2 rings (SSSR count). The van der Waals surface area contributed by atoms with Gasteiger partial charge in [0, 0.05) is 12.3 Å². The number of nitro groups is 1. The number of non-ortho nitro benzene ring substituents is 1. The summed E-state index contributed by atoms with van der Waals surface area (Å²) in [7, 11) is 1.45. The summed E-state index contributed by atoms with van der Waals surface area (Å²) in [5, 5.41) is 14.9. The monoisotopic (exact) mass is 275 g/mol. The average Bonchev–Trinajstić information content (AvgIpc) is 2.87. The number of carbonyl (C=O) groups excluding carboxylic acids is 1. The van der Waals surface area contributed by atoms with Crippen molar-refractivity contribution in [3.05, 3.63) is 51.8 Å². The van der Waals surface area contributed by atoms with Crippen LogP contribution in [0, 0.1) is 10.1 Å². The molecule has 1 aromatic carbocycles. The van der Waals surface area contributed by atoms with Crippen molar-refractivity contribution >= 4 is 11.5 Å². The second-order valence-corrected chi connectivity index (χ2v) is 4.28. The fourth-order valence-electron chi connectivity index (χ4n) is 1.78. The number of rotatable bonds is 5. The first-order valence-electron chi connectivity index (χ1n) is 5.85. The maximum absolute atomic E-state index is 11.2. The van der Waals surface area contributed by atoms with E-state index >= 15 is 0 Å². The van der Waals surface area contributed by atoms with E-state index in [9.17, 15) is 14.9 Å². The number of carbonyl (C=O) groups is 1. The van der Waals surface area contributed by atoms with E-state index in [1.165, 1.54) is 32.4 Å². The Morgan fingerprint density at radius 2 is 2.20 bits per heavy atom. The molecule has 0 atom stereocenters. The van der Waals surface area contributed by atoms with Gasteiger partial charge in [0.05, 0.1) is 36.4 Å². The molecule has 0 amide bonds. The van der Waals surface area contributed by atoms with Gasteiger partial charge in [-0.15, -0.1) is 0 Å². The van der Waals surface area contributed by atoms with E-state index in [1.807, 2.05) is 0 Å². The van der Waals surface area contributed by atoms with Crippen LogP contribution >= 0.6 is 0 Å². The van der Waals surface area contributed by atoms with Gasteiger partial charge < -0.3 is 4.74 Å². The summed E-state index contributed by atoms with van der Waals surface area (Å²) in [6, 6.07) is 4.51. The Morgan fingerprint density at radius 3 is 2.75 bits per heavy atom. The smallest absolute Gasteiger partial charge is 0.273 e. The zero-order valence-electron chi connectivity index (χ0n) is 11.1. The van der Waals surface area contributed by atoms with E-state index in [0.717, 1.165) is 0 Å². The minimum Gasteiger partial charge on any atom is -0.496 e. The standard InChI is InChI=1S/C13H13N3O4/c1-9(17)11-6-14-15(8-11)7-10-3-12(16(18)19)5-13(4-10)20-2/h3-6,8H,7H2,1-2H3. The molecule has 1 heterocycles. The molecular weight excluding hydrogens is 262 g/mol. The van der Waals surface area contributed by atoms with Gasteiger partial charge in [0.25, 0.3) is 5.69 Å². The van der Waals surface area contributed by atoms with Crippen LogP contribution in [0.25, 0.3) is 0 Å². The van der Waals surface area contributed by atoms with E-state index in [0.29, 0.717) is 23.4 Å². The van der Waals surface area contributed by atoms with Crippen LogP contribution in [0.5, 0.6) is 5.75 Å². The first-order chi connectivity index (χ1) is 9.49. The molecule has 7 nitrogen and oxygen atoms in total. The van der Waals surface area contributed by atoms with Crippen molar-refractivity contribution in [3.8, 4) is 5.75 Å². The Labute approximate surface area is 114 Å². The summed E-state index contributed by atoms with van der Waals surface area (Å²) in [5.74, 6) is 0.334. The Morgan fingerprint density at radius 1 is 1.45 bits per heavy atom. The number of methoxy groups -OCH3 is 1. The molecule has 0 radical (unpaired) electrons. The lowest BCUT2D eigenvalue weighted by molar-refractivity contribution is -0.385. The average molecular weight is 275 g/mol. The summed E-state index contributed by atoms with van der Waals surface area (Å²) >= 11 is 0. The molecule has 0 aliphatic rings. The molecule has 7 heteroatoms.